The minimum Gasteiger partial charge on any atom is -0.325 e. The molecule has 2 aromatic rings. The van der Waals surface area contributed by atoms with Crippen LogP contribution in [-0.2, 0) is 0 Å². The number of nitrogens with one attached hydrogen (secondary N) is 1. The third-order valence-corrected chi connectivity index (χ3v) is 4.80. The van der Waals surface area contributed by atoms with E-state index in [2.05, 4.69) is 29.4 Å². The Labute approximate surface area is 144 Å². The summed E-state index contributed by atoms with van der Waals surface area (Å²) in [6, 6.07) is 18.5. The summed E-state index contributed by atoms with van der Waals surface area (Å²) in [6.45, 7) is 2.10. The van der Waals surface area contributed by atoms with E-state index in [4.69, 9.17) is 0 Å². The lowest BCUT2D eigenvalue weighted by molar-refractivity contribution is 0.156. The summed E-state index contributed by atoms with van der Waals surface area (Å²) in [6.07, 6.45) is 2.07. The van der Waals surface area contributed by atoms with Crippen LogP contribution < -0.4 is 5.32 Å². The van der Waals surface area contributed by atoms with Gasteiger partial charge < -0.3 is 15.1 Å². The lowest BCUT2D eigenvalue weighted by Gasteiger charge is -2.35. The molecule has 4 heteroatoms. The highest BCUT2D eigenvalue weighted by Crippen LogP contribution is 2.21. The van der Waals surface area contributed by atoms with E-state index >= 15 is 0 Å². The maximum atomic E-state index is 12.4. The van der Waals surface area contributed by atoms with Crippen LogP contribution in [-0.4, -0.2) is 49.1 Å². The van der Waals surface area contributed by atoms with E-state index in [1.807, 2.05) is 54.4 Å². The maximum Gasteiger partial charge on any atom is 0.321 e. The van der Waals surface area contributed by atoms with E-state index in [1.165, 1.54) is 5.56 Å². The third-order valence-electron chi connectivity index (χ3n) is 4.80. The van der Waals surface area contributed by atoms with E-state index < -0.39 is 0 Å². The molecular weight excluding hydrogens is 298 g/mol. The Bertz CT molecular complexity index is 661. The highest BCUT2D eigenvalue weighted by atomic mass is 16.2. The quantitative estimate of drug-likeness (QED) is 0.929. The minimum absolute atomic E-state index is 0.0305. The van der Waals surface area contributed by atoms with Crippen LogP contribution in [0.3, 0.4) is 0 Å². The van der Waals surface area contributed by atoms with E-state index in [1.54, 1.807) is 0 Å². The second kappa shape index (κ2) is 7.49. The Morgan fingerprint density at radius 2 is 1.58 bits per heavy atom. The van der Waals surface area contributed by atoms with E-state index in [0.29, 0.717) is 6.04 Å². The number of rotatable bonds is 3. The van der Waals surface area contributed by atoms with Gasteiger partial charge in [0.05, 0.1) is 0 Å². The van der Waals surface area contributed by atoms with Gasteiger partial charge in [0.1, 0.15) is 0 Å². The van der Waals surface area contributed by atoms with Crippen molar-refractivity contribution in [1.29, 1.82) is 0 Å². The molecule has 0 aromatic heterocycles. The first-order chi connectivity index (χ1) is 11.6. The lowest BCUT2D eigenvalue weighted by Crippen LogP contribution is -2.46. The average Bonchev–Trinajstić information content (AvgIpc) is 2.63. The zero-order chi connectivity index (χ0) is 16.9. The SMILES string of the molecule is CN1CCC(N(C)C(=O)Nc2ccc(-c3ccccc3)cc2)CC1. The van der Waals surface area contributed by atoms with Gasteiger partial charge in [-0.15, -0.1) is 0 Å². The highest BCUT2D eigenvalue weighted by molar-refractivity contribution is 5.89. The molecule has 0 atom stereocenters. The summed E-state index contributed by atoms with van der Waals surface area (Å²) in [5.74, 6) is 0. The number of carbonyl (C=O) groups excluding carboxylic acids is 1. The summed E-state index contributed by atoms with van der Waals surface area (Å²) in [7, 11) is 4.02. The summed E-state index contributed by atoms with van der Waals surface area (Å²) in [5.41, 5.74) is 3.16. The van der Waals surface area contributed by atoms with Crippen molar-refractivity contribution < 1.29 is 4.79 Å². The zero-order valence-electron chi connectivity index (χ0n) is 14.4. The molecule has 2 aromatic carbocycles. The number of carbonyl (C=O) groups is 1. The van der Waals surface area contributed by atoms with Crippen LogP contribution in [0.25, 0.3) is 11.1 Å². The predicted molar refractivity (Wildman–Crippen MR) is 99.2 cm³/mol. The molecule has 1 N–H and O–H groups in total. The number of nitrogens with zero attached hydrogens (tertiary/aromatic N) is 2. The smallest absolute Gasteiger partial charge is 0.321 e. The van der Waals surface area contributed by atoms with Crippen LogP contribution in [0.2, 0.25) is 0 Å². The largest absolute Gasteiger partial charge is 0.325 e. The molecule has 0 unspecified atom stereocenters. The number of piperidine rings is 1. The van der Waals surface area contributed by atoms with Crippen LogP contribution in [0.15, 0.2) is 54.6 Å². The zero-order valence-corrected chi connectivity index (χ0v) is 14.4. The monoisotopic (exact) mass is 323 g/mol. The summed E-state index contributed by atoms with van der Waals surface area (Å²) < 4.78 is 0. The van der Waals surface area contributed by atoms with Crippen molar-refractivity contribution in [1.82, 2.24) is 9.80 Å². The fourth-order valence-corrected chi connectivity index (χ4v) is 3.14. The van der Waals surface area contributed by atoms with Gasteiger partial charge in [-0.2, -0.15) is 0 Å². The van der Waals surface area contributed by atoms with Crippen molar-refractivity contribution in [2.45, 2.75) is 18.9 Å². The number of anilines is 1. The number of likely N-dealkylation sites (tertiary alicyclic amines) is 1. The fraction of sp³-hybridized carbons (Fsp3) is 0.350. The maximum absolute atomic E-state index is 12.4. The van der Waals surface area contributed by atoms with Gasteiger partial charge in [0.15, 0.2) is 0 Å². The van der Waals surface area contributed by atoms with Crippen LogP contribution >= 0.6 is 0 Å². The molecule has 1 saturated heterocycles. The van der Waals surface area contributed by atoms with Crippen LogP contribution in [0.1, 0.15) is 12.8 Å². The summed E-state index contributed by atoms with van der Waals surface area (Å²) >= 11 is 0. The van der Waals surface area contributed by atoms with E-state index in [-0.39, 0.29) is 6.03 Å². The van der Waals surface area contributed by atoms with Crippen molar-refractivity contribution in [3.05, 3.63) is 54.6 Å². The molecule has 4 nitrogen and oxygen atoms in total. The first-order valence-electron chi connectivity index (χ1n) is 8.51. The van der Waals surface area contributed by atoms with Crippen molar-refractivity contribution in [3.63, 3.8) is 0 Å². The molecule has 0 radical (unpaired) electrons. The normalized spacial score (nSPS) is 15.9. The molecule has 2 amide bonds. The standard InChI is InChI=1S/C20H25N3O/c1-22-14-12-19(13-15-22)23(2)20(24)21-18-10-8-17(9-11-18)16-6-4-3-5-7-16/h3-11,19H,12-15H2,1-2H3,(H,21,24). The number of amides is 2. The van der Waals surface area contributed by atoms with Crippen molar-refractivity contribution in [3.8, 4) is 11.1 Å². The first-order valence-corrected chi connectivity index (χ1v) is 8.51. The summed E-state index contributed by atoms with van der Waals surface area (Å²) in [4.78, 5) is 16.6. The van der Waals surface area contributed by atoms with Gasteiger partial charge >= 0.3 is 6.03 Å². The molecular formula is C20H25N3O. The van der Waals surface area contributed by atoms with Gasteiger partial charge in [-0.25, -0.2) is 4.79 Å². The van der Waals surface area contributed by atoms with Gasteiger partial charge in [0.25, 0.3) is 0 Å². The predicted octanol–water partition coefficient (Wildman–Crippen LogP) is 3.91. The van der Waals surface area contributed by atoms with Crippen LogP contribution in [0, 0.1) is 0 Å². The van der Waals surface area contributed by atoms with Crippen molar-refractivity contribution >= 4 is 11.7 Å². The Kier molecular flexibility index (Phi) is 5.16. The molecule has 1 heterocycles. The fourth-order valence-electron chi connectivity index (χ4n) is 3.14. The van der Waals surface area contributed by atoms with Crippen LogP contribution in [0.4, 0.5) is 10.5 Å². The molecule has 0 saturated carbocycles. The topological polar surface area (TPSA) is 35.6 Å². The van der Waals surface area contributed by atoms with Gasteiger partial charge in [-0.1, -0.05) is 42.5 Å². The van der Waals surface area contributed by atoms with Gasteiger partial charge in [-0.3, -0.25) is 0 Å². The third kappa shape index (κ3) is 3.95. The van der Waals surface area contributed by atoms with E-state index in [9.17, 15) is 4.79 Å². The van der Waals surface area contributed by atoms with E-state index in [0.717, 1.165) is 37.2 Å². The minimum atomic E-state index is -0.0305. The summed E-state index contributed by atoms with van der Waals surface area (Å²) in [5, 5.41) is 3.00. The van der Waals surface area contributed by atoms with Crippen LogP contribution in [0.5, 0.6) is 0 Å². The average molecular weight is 323 g/mol. The number of urea groups is 1. The molecule has 1 aliphatic rings. The molecule has 1 fully saturated rings. The van der Waals surface area contributed by atoms with Crippen molar-refractivity contribution in [2.75, 3.05) is 32.5 Å². The second-order valence-electron chi connectivity index (χ2n) is 6.52. The lowest BCUT2D eigenvalue weighted by atomic mass is 10.0. The Morgan fingerprint density at radius 1 is 1.00 bits per heavy atom. The molecule has 0 bridgehead atoms. The molecule has 126 valence electrons. The first kappa shape index (κ1) is 16.5. The number of benzene rings is 2. The Balaban J connectivity index is 1.60. The molecule has 24 heavy (non-hydrogen) atoms. The van der Waals surface area contributed by atoms with Crippen molar-refractivity contribution in [2.24, 2.45) is 0 Å². The number of hydrogen-bond acceptors (Lipinski definition) is 2. The molecule has 1 aliphatic heterocycles. The van der Waals surface area contributed by atoms with Gasteiger partial charge in [-0.05, 0) is 56.2 Å². The molecule has 0 spiro atoms. The van der Waals surface area contributed by atoms with Gasteiger partial charge in [0.2, 0.25) is 0 Å². The van der Waals surface area contributed by atoms with Gasteiger partial charge in [0, 0.05) is 18.8 Å². The number of hydrogen-bond donors (Lipinski definition) is 1. The Hall–Kier alpha value is -2.33. The highest BCUT2D eigenvalue weighted by Gasteiger charge is 2.23. The molecule has 3 rings (SSSR count). The second-order valence-corrected chi connectivity index (χ2v) is 6.52. The molecule has 0 aliphatic carbocycles. The Morgan fingerprint density at radius 3 is 2.21 bits per heavy atom.